The van der Waals surface area contributed by atoms with Crippen LogP contribution in [-0.4, -0.2) is 19.0 Å². The van der Waals surface area contributed by atoms with Gasteiger partial charge in [0.05, 0.1) is 19.1 Å². The molecule has 1 amide bonds. The third kappa shape index (κ3) is 4.91. The number of carbonyl (C=O) groups is 2. The van der Waals surface area contributed by atoms with Crippen molar-refractivity contribution in [1.82, 2.24) is 5.32 Å². The lowest BCUT2D eigenvalue weighted by Gasteiger charge is -2.27. The molecule has 0 aliphatic heterocycles. The number of carbonyl (C=O) groups excluding carboxylic acids is 2. The first-order chi connectivity index (χ1) is 8.85. The number of benzene rings is 1. The van der Waals surface area contributed by atoms with E-state index < -0.39 is 11.5 Å². The second-order valence-corrected chi connectivity index (χ2v) is 5.20. The highest BCUT2D eigenvalue weighted by Gasteiger charge is 2.23. The molecule has 0 saturated carbocycles. The molecule has 0 radical (unpaired) electrons. The molecule has 0 bridgehead atoms. The highest BCUT2D eigenvalue weighted by molar-refractivity contribution is 6.30. The molecule has 0 atom stereocenters. The van der Waals surface area contributed by atoms with E-state index in [9.17, 15) is 9.59 Å². The largest absolute Gasteiger partial charge is 0.469 e. The lowest BCUT2D eigenvalue weighted by molar-refractivity contribution is -0.142. The number of rotatable bonds is 5. The van der Waals surface area contributed by atoms with Crippen molar-refractivity contribution in [2.75, 3.05) is 7.11 Å². The maximum Gasteiger partial charge on any atom is 0.306 e. The molecule has 0 saturated heterocycles. The maximum absolute atomic E-state index is 11.8. The van der Waals surface area contributed by atoms with E-state index in [4.69, 9.17) is 11.6 Å². The molecule has 0 unspecified atom stereocenters. The lowest BCUT2D eigenvalue weighted by Crippen LogP contribution is -2.41. The van der Waals surface area contributed by atoms with E-state index in [0.717, 1.165) is 5.56 Å². The summed E-state index contributed by atoms with van der Waals surface area (Å²) in [6.07, 6.45) is 0.185. The van der Waals surface area contributed by atoms with Crippen molar-refractivity contribution < 1.29 is 14.3 Å². The van der Waals surface area contributed by atoms with Crippen LogP contribution in [0.15, 0.2) is 24.3 Å². The van der Waals surface area contributed by atoms with E-state index in [1.165, 1.54) is 7.11 Å². The van der Waals surface area contributed by atoms with Gasteiger partial charge < -0.3 is 10.1 Å². The van der Waals surface area contributed by atoms with Gasteiger partial charge in [-0.2, -0.15) is 0 Å². The molecule has 0 heterocycles. The van der Waals surface area contributed by atoms with Gasteiger partial charge in [0.1, 0.15) is 0 Å². The van der Waals surface area contributed by atoms with Gasteiger partial charge in [-0.15, -0.1) is 0 Å². The van der Waals surface area contributed by atoms with Crippen molar-refractivity contribution in [3.05, 3.63) is 34.9 Å². The van der Waals surface area contributed by atoms with Crippen LogP contribution in [0.4, 0.5) is 0 Å². The molecule has 0 aromatic heterocycles. The summed E-state index contributed by atoms with van der Waals surface area (Å²) < 4.78 is 4.49. The number of methoxy groups -OCH3 is 1. The zero-order valence-electron chi connectivity index (χ0n) is 11.3. The fraction of sp³-hybridized carbons (Fsp3) is 0.429. The van der Waals surface area contributed by atoms with Crippen LogP contribution in [0.2, 0.25) is 5.02 Å². The summed E-state index contributed by atoms with van der Waals surface area (Å²) in [6, 6.07) is 7.31. The SMILES string of the molecule is COC(=O)CCC(=O)NC(C)(C)c1cccc(Cl)c1. The van der Waals surface area contributed by atoms with Gasteiger partial charge in [-0.1, -0.05) is 23.7 Å². The van der Waals surface area contributed by atoms with Crippen molar-refractivity contribution in [3.8, 4) is 0 Å². The van der Waals surface area contributed by atoms with Crippen LogP contribution in [0.1, 0.15) is 32.3 Å². The minimum Gasteiger partial charge on any atom is -0.469 e. The summed E-state index contributed by atoms with van der Waals surface area (Å²) in [5, 5.41) is 3.49. The smallest absolute Gasteiger partial charge is 0.306 e. The molecule has 104 valence electrons. The molecule has 0 spiro atoms. The van der Waals surface area contributed by atoms with E-state index in [0.29, 0.717) is 5.02 Å². The van der Waals surface area contributed by atoms with Crippen LogP contribution < -0.4 is 5.32 Å². The van der Waals surface area contributed by atoms with E-state index in [1.807, 2.05) is 32.0 Å². The number of halogens is 1. The van der Waals surface area contributed by atoms with Crippen molar-refractivity contribution in [3.63, 3.8) is 0 Å². The van der Waals surface area contributed by atoms with E-state index >= 15 is 0 Å². The van der Waals surface area contributed by atoms with Crippen LogP contribution >= 0.6 is 11.6 Å². The molecule has 1 aromatic carbocycles. The van der Waals surface area contributed by atoms with Crippen molar-refractivity contribution in [1.29, 1.82) is 0 Å². The van der Waals surface area contributed by atoms with Gasteiger partial charge in [-0.25, -0.2) is 0 Å². The zero-order chi connectivity index (χ0) is 14.5. The van der Waals surface area contributed by atoms with Gasteiger partial charge in [0.25, 0.3) is 0 Å². The molecule has 4 nitrogen and oxygen atoms in total. The Balaban J connectivity index is 2.64. The molecule has 0 aliphatic carbocycles. The number of nitrogens with one attached hydrogen (secondary N) is 1. The summed E-state index contributed by atoms with van der Waals surface area (Å²) in [7, 11) is 1.30. The average molecular weight is 284 g/mol. The van der Waals surface area contributed by atoms with Gasteiger partial charge in [-0.05, 0) is 31.5 Å². The second kappa shape index (κ2) is 6.57. The normalized spacial score (nSPS) is 10.9. The predicted molar refractivity (Wildman–Crippen MR) is 73.9 cm³/mol. The summed E-state index contributed by atoms with van der Waals surface area (Å²) in [4.78, 5) is 22.8. The van der Waals surface area contributed by atoms with Crippen molar-refractivity contribution in [2.45, 2.75) is 32.2 Å². The molecule has 19 heavy (non-hydrogen) atoms. The van der Waals surface area contributed by atoms with Crippen LogP contribution in [0.3, 0.4) is 0 Å². The lowest BCUT2D eigenvalue weighted by atomic mass is 9.94. The Morgan fingerprint density at radius 2 is 2.00 bits per heavy atom. The average Bonchev–Trinajstić information content (AvgIpc) is 2.35. The number of amides is 1. The minimum atomic E-state index is -0.544. The Kier molecular flexibility index (Phi) is 5.36. The van der Waals surface area contributed by atoms with Crippen LogP contribution in [0.25, 0.3) is 0 Å². The van der Waals surface area contributed by atoms with Crippen LogP contribution in [0.5, 0.6) is 0 Å². The molecule has 0 aliphatic rings. The van der Waals surface area contributed by atoms with Crippen molar-refractivity contribution in [2.24, 2.45) is 0 Å². The quantitative estimate of drug-likeness (QED) is 0.845. The topological polar surface area (TPSA) is 55.4 Å². The fourth-order valence-electron chi connectivity index (χ4n) is 1.68. The number of hydrogen-bond acceptors (Lipinski definition) is 3. The van der Waals surface area contributed by atoms with Gasteiger partial charge in [0.2, 0.25) is 5.91 Å². The van der Waals surface area contributed by atoms with Gasteiger partial charge in [0.15, 0.2) is 0 Å². The Morgan fingerprint density at radius 1 is 1.32 bits per heavy atom. The first kappa shape index (κ1) is 15.5. The van der Waals surface area contributed by atoms with Gasteiger partial charge in [0, 0.05) is 11.4 Å². The summed E-state index contributed by atoms with van der Waals surface area (Å²) in [5.41, 5.74) is 0.365. The molecular formula is C14H18ClNO3. The fourth-order valence-corrected chi connectivity index (χ4v) is 1.87. The number of esters is 1. The molecule has 5 heteroatoms. The summed E-state index contributed by atoms with van der Waals surface area (Å²) in [5.74, 6) is -0.592. The Morgan fingerprint density at radius 3 is 2.58 bits per heavy atom. The standard InChI is InChI=1S/C14H18ClNO3/c1-14(2,10-5-4-6-11(15)9-10)16-12(17)7-8-13(18)19-3/h4-6,9H,7-8H2,1-3H3,(H,16,17). The minimum absolute atomic E-state index is 0.0773. The molecular weight excluding hydrogens is 266 g/mol. The predicted octanol–water partition coefficient (Wildman–Crippen LogP) is 2.64. The van der Waals surface area contributed by atoms with Gasteiger partial charge >= 0.3 is 5.97 Å². The zero-order valence-corrected chi connectivity index (χ0v) is 12.1. The highest BCUT2D eigenvalue weighted by atomic mass is 35.5. The van der Waals surface area contributed by atoms with Crippen LogP contribution in [0, 0.1) is 0 Å². The van der Waals surface area contributed by atoms with E-state index in [-0.39, 0.29) is 18.7 Å². The molecule has 1 aromatic rings. The molecule has 1 rings (SSSR count). The maximum atomic E-state index is 11.8. The van der Waals surface area contributed by atoms with Gasteiger partial charge in [-0.3, -0.25) is 9.59 Å². The summed E-state index contributed by atoms with van der Waals surface area (Å²) >= 11 is 5.94. The third-order valence-corrected chi connectivity index (χ3v) is 3.02. The van der Waals surface area contributed by atoms with Crippen molar-refractivity contribution >= 4 is 23.5 Å². The van der Waals surface area contributed by atoms with E-state index in [2.05, 4.69) is 10.1 Å². The Bertz CT molecular complexity index is 472. The third-order valence-electron chi connectivity index (χ3n) is 2.78. The molecule has 0 fully saturated rings. The monoisotopic (exact) mass is 283 g/mol. The first-order valence-electron chi connectivity index (χ1n) is 5.99. The molecule has 1 N–H and O–H groups in total. The van der Waals surface area contributed by atoms with E-state index in [1.54, 1.807) is 6.07 Å². The number of ether oxygens (including phenoxy) is 1. The Labute approximate surface area is 118 Å². The highest BCUT2D eigenvalue weighted by Crippen LogP contribution is 2.23. The summed E-state index contributed by atoms with van der Waals surface area (Å²) in [6.45, 7) is 3.77. The number of hydrogen-bond donors (Lipinski definition) is 1. The second-order valence-electron chi connectivity index (χ2n) is 4.76. The van der Waals surface area contributed by atoms with Crippen LogP contribution in [-0.2, 0) is 19.9 Å². The Hall–Kier alpha value is -1.55. The first-order valence-corrected chi connectivity index (χ1v) is 6.37.